The van der Waals surface area contributed by atoms with Crippen LogP contribution in [0.2, 0.25) is 0 Å². The highest BCUT2D eigenvalue weighted by molar-refractivity contribution is 7.53. The van der Waals surface area contributed by atoms with Crippen molar-refractivity contribution in [1.29, 1.82) is 0 Å². The first-order chi connectivity index (χ1) is 9.47. The SMILES string of the molecule is CC(CCOP(=O)(CCC(=O)O)OO)c1ccccc1. The molecule has 0 aliphatic heterocycles. The van der Waals surface area contributed by atoms with E-state index in [1.165, 1.54) is 0 Å². The van der Waals surface area contributed by atoms with Gasteiger partial charge in [0.15, 0.2) is 0 Å². The van der Waals surface area contributed by atoms with Crippen LogP contribution in [0.4, 0.5) is 0 Å². The Morgan fingerprint density at radius 1 is 1.35 bits per heavy atom. The molecule has 112 valence electrons. The summed E-state index contributed by atoms with van der Waals surface area (Å²) in [6.45, 7) is 2.12. The summed E-state index contributed by atoms with van der Waals surface area (Å²) < 4.78 is 20.7. The Morgan fingerprint density at radius 3 is 2.55 bits per heavy atom. The highest BCUT2D eigenvalue weighted by Gasteiger charge is 2.26. The molecule has 0 aromatic heterocycles. The van der Waals surface area contributed by atoms with Gasteiger partial charge in [-0.05, 0) is 17.9 Å². The van der Waals surface area contributed by atoms with Crippen molar-refractivity contribution in [3.8, 4) is 0 Å². The average Bonchev–Trinajstić information content (AvgIpc) is 2.46. The zero-order chi connectivity index (χ0) is 15.0. The molecule has 0 aliphatic rings. The van der Waals surface area contributed by atoms with Gasteiger partial charge in [-0.25, -0.2) is 5.26 Å². The van der Waals surface area contributed by atoms with Gasteiger partial charge in [-0.2, -0.15) is 4.67 Å². The van der Waals surface area contributed by atoms with Crippen molar-refractivity contribution >= 4 is 13.6 Å². The third-order valence-electron chi connectivity index (χ3n) is 2.93. The Morgan fingerprint density at radius 2 is 2.00 bits per heavy atom. The fraction of sp³-hybridized carbons (Fsp3) is 0.462. The minimum Gasteiger partial charge on any atom is -0.481 e. The smallest absolute Gasteiger partial charge is 0.358 e. The van der Waals surface area contributed by atoms with Gasteiger partial charge in [0.2, 0.25) is 0 Å². The monoisotopic (exact) mass is 302 g/mol. The van der Waals surface area contributed by atoms with Crippen LogP contribution in [0.25, 0.3) is 0 Å². The van der Waals surface area contributed by atoms with E-state index in [9.17, 15) is 9.36 Å². The molecule has 20 heavy (non-hydrogen) atoms. The molecular weight excluding hydrogens is 283 g/mol. The van der Waals surface area contributed by atoms with Crippen LogP contribution in [-0.4, -0.2) is 29.1 Å². The molecule has 0 spiro atoms. The Bertz CT molecular complexity index is 461. The molecule has 2 unspecified atom stereocenters. The number of hydrogen-bond acceptors (Lipinski definition) is 5. The average molecular weight is 302 g/mol. The summed E-state index contributed by atoms with van der Waals surface area (Å²) in [5, 5.41) is 17.1. The molecule has 0 saturated carbocycles. The van der Waals surface area contributed by atoms with Gasteiger partial charge in [0.05, 0.1) is 19.2 Å². The minimum atomic E-state index is -3.73. The van der Waals surface area contributed by atoms with Crippen LogP contribution in [-0.2, 0) is 18.6 Å². The van der Waals surface area contributed by atoms with Gasteiger partial charge in [0, 0.05) is 0 Å². The number of benzene rings is 1. The molecule has 1 aromatic rings. The maximum absolute atomic E-state index is 11.8. The number of rotatable bonds is 9. The molecule has 1 aromatic carbocycles. The highest BCUT2D eigenvalue weighted by atomic mass is 31.2. The topological polar surface area (TPSA) is 93.1 Å². The molecule has 0 radical (unpaired) electrons. The summed E-state index contributed by atoms with van der Waals surface area (Å²) >= 11 is 0. The van der Waals surface area contributed by atoms with E-state index < -0.39 is 13.6 Å². The van der Waals surface area contributed by atoms with E-state index in [0.29, 0.717) is 6.42 Å². The van der Waals surface area contributed by atoms with Gasteiger partial charge >= 0.3 is 13.6 Å². The van der Waals surface area contributed by atoms with E-state index >= 15 is 0 Å². The molecule has 0 amide bonds. The number of carbonyl (C=O) groups is 1. The highest BCUT2D eigenvalue weighted by Crippen LogP contribution is 2.48. The normalized spacial score (nSPS) is 15.5. The molecule has 1 rings (SSSR count). The van der Waals surface area contributed by atoms with E-state index in [0.717, 1.165) is 5.56 Å². The van der Waals surface area contributed by atoms with Gasteiger partial charge in [0.1, 0.15) is 0 Å². The zero-order valence-corrected chi connectivity index (χ0v) is 12.2. The van der Waals surface area contributed by atoms with Crippen molar-refractivity contribution < 1.29 is 28.9 Å². The van der Waals surface area contributed by atoms with Gasteiger partial charge in [0.25, 0.3) is 0 Å². The standard InChI is InChI=1S/C13H19O6P/c1-11(12-5-3-2-4-6-12)7-9-18-20(17,19-16)10-8-13(14)15/h2-6,11,16H,7-10H2,1H3,(H,14,15). The second kappa shape index (κ2) is 8.17. The van der Waals surface area contributed by atoms with Crippen LogP contribution < -0.4 is 0 Å². The van der Waals surface area contributed by atoms with E-state index in [-0.39, 0.29) is 25.1 Å². The van der Waals surface area contributed by atoms with Crippen LogP contribution in [0.15, 0.2) is 30.3 Å². The van der Waals surface area contributed by atoms with E-state index in [4.69, 9.17) is 14.9 Å². The lowest BCUT2D eigenvalue weighted by Gasteiger charge is -2.16. The lowest BCUT2D eigenvalue weighted by molar-refractivity contribution is -0.150. The van der Waals surface area contributed by atoms with Crippen molar-refractivity contribution in [3.05, 3.63) is 35.9 Å². The van der Waals surface area contributed by atoms with Crippen molar-refractivity contribution in [3.63, 3.8) is 0 Å². The van der Waals surface area contributed by atoms with Crippen molar-refractivity contribution in [1.82, 2.24) is 0 Å². The lowest BCUT2D eigenvalue weighted by Crippen LogP contribution is -2.06. The fourth-order valence-electron chi connectivity index (χ4n) is 1.68. The van der Waals surface area contributed by atoms with E-state index in [2.05, 4.69) is 4.67 Å². The third-order valence-corrected chi connectivity index (χ3v) is 4.53. The molecule has 0 heterocycles. The van der Waals surface area contributed by atoms with Crippen molar-refractivity contribution in [2.75, 3.05) is 12.8 Å². The second-order valence-electron chi connectivity index (χ2n) is 4.49. The number of carboxylic acid groups (broad SMARTS) is 1. The van der Waals surface area contributed by atoms with Crippen LogP contribution in [0.1, 0.15) is 31.2 Å². The third kappa shape index (κ3) is 5.84. The van der Waals surface area contributed by atoms with Crippen LogP contribution >= 0.6 is 7.60 Å². The molecular formula is C13H19O6P. The van der Waals surface area contributed by atoms with Crippen LogP contribution in [0.3, 0.4) is 0 Å². The number of hydrogen-bond donors (Lipinski definition) is 2. The molecule has 0 saturated heterocycles. The van der Waals surface area contributed by atoms with E-state index in [1.54, 1.807) is 0 Å². The van der Waals surface area contributed by atoms with Gasteiger partial charge in [-0.15, -0.1) is 0 Å². The lowest BCUT2D eigenvalue weighted by atomic mass is 9.99. The molecule has 2 atom stereocenters. The first-order valence-corrected chi connectivity index (χ1v) is 8.03. The largest absolute Gasteiger partial charge is 0.481 e. The maximum atomic E-state index is 11.8. The maximum Gasteiger partial charge on any atom is 0.358 e. The Kier molecular flexibility index (Phi) is 6.88. The minimum absolute atomic E-state index is 0.119. The summed E-state index contributed by atoms with van der Waals surface area (Å²) in [6.07, 6.45) is -0.144. The van der Waals surface area contributed by atoms with Crippen LogP contribution in [0, 0.1) is 0 Å². The summed E-state index contributed by atoms with van der Waals surface area (Å²) in [4.78, 5) is 10.4. The zero-order valence-electron chi connectivity index (χ0n) is 11.3. The van der Waals surface area contributed by atoms with Crippen LogP contribution in [0.5, 0.6) is 0 Å². The second-order valence-corrected chi connectivity index (χ2v) is 6.58. The van der Waals surface area contributed by atoms with Crippen molar-refractivity contribution in [2.24, 2.45) is 0 Å². The first-order valence-electron chi connectivity index (χ1n) is 6.30. The number of aliphatic carboxylic acids is 1. The van der Waals surface area contributed by atoms with Gasteiger partial charge in [-0.3, -0.25) is 9.36 Å². The first kappa shape index (κ1) is 16.9. The van der Waals surface area contributed by atoms with Gasteiger partial charge in [-0.1, -0.05) is 37.3 Å². The molecule has 0 aliphatic carbocycles. The Balaban J connectivity index is 2.41. The Labute approximate surface area is 117 Å². The fourth-order valence-corrected chi connectivity index (χ4v) is 2.78. The molecule has 6 nitrogen and oxygen atoms in total. The molecule has 7 heteroatoms. The summed E-state index contributed by atoms with van der Waals surface area (Å²) in [6, 6.07) is 9.75. The summed E-state index contributed by atoms with van der Waals surface area (Å²) in [7, 11) is -3.73. The summed E-state index contributed by atoms with van der Waals surface area (Å²) in [5.41, 5.74) is 1.13. The van der Waals surface area contributed by atoms with Crippen molar-refractivity contribution in [2.45, 2.75) is 25.7 Å². The number of carboxylic acids is 1. The molecule has 0 bridgehead atoms. The predicted molar refractivity (Wildman–Crippen MR) is 73.9 cm³/mol. The predicted octanol–water partition coefficient (Wildman–Crippen LogP) is 3.35. The molecule has 0 fully saturated rings. The van der Waals surface area contributed by atoms with E-state index in [1.807, 2.05) is 37.3 Å². The quantitative estimate of drug-likeness (QED) is 0.413. The molecule has 2 N–H and O–H groups in total. The Hall–Kier alpha value is -1.20. The van der Waals surface area contributed by atoms with Gasteiger partial charge < -0.3 is 9.63 Å². The summed E-state index contributed by atoms with van der Waals surface area (Å²) in [5.74, 6) is -0.925.